The van der Waals surface area contributed by atoms with Gasteiger partial charge < -0.3 is 16.4 Å². The highest BCUT2D eigenvalue weighted by Crippen LogP contribution is 2.38. The molecule has 1 amide bonds. The molecule has 0 saturated heterocycles. The Balaban J connectivity index is 1.54. The lowest BCUT2D eigenvalue weighted by atomic mass is 9.85. The molecule has 4 N–H and O–H groups in total. The van der Waals surface area contributed by atoms with Crippen molar-refractivity contribution in [2.45, 2.75) is 63.5 Å². The van der Waals surface area contributed by atoms with Gasteiger partial charge in [0.2, 0.25) is 17.8 Å². The van der Waals surface area contributed by atoms with E-state index in [9.17, 15) is 13.6 Å². The monoisotopic (exact) mass is 489 g/mol. The number of fused-ring (bicyclic) bond motifs is 1. The summed E-state index contributed by atoms with van der Waals surface area (Å²) in [6.45, 7) is 0. The Kier molecular flexibility index (Phi) is 6.24. The van der Waals surface area contributed by atoms with Gasteiger partial charge in [0.15, 0.2) is 11.5 Å². The third-order valence-electron chi connectivity index (χ3n) is 6.83. The second kappa shape index (κ2) is 9.32. The molecular weight excluding hydrogens is 464 g/mol. The topological polar surface area (TPSA) is 111 Å². The van der Waals surface area contributed by atoms with E-state index in [1.807, 2.05) is 4.57 Å². The molecule has 0 spiro atoms. The van der Waals surface area contributed by atoms with Gasteiger partial charge in [0.1, 0.15) is 11.3 Å². The van der Waals surface area contributed by atoms with E-state index >= 15 is 0 Å². The van der Waals surface area contributed by atoms with Gasteiger partial charge in [-0.05, 0) is 44.6 Å². The summed E-state index contributed by atoms with van der Waals surface area (Å²) in [5.74, 6) is -1.20. The van der Waals surface area contributed by atoms with Crippen molar-refractivity contribution in [2.75, 3.05) is 10.6 Å². The third-order valence-corrected chi connectivity index (χ3v) is 7.13. The van der Waals surface area contributed by atoms with E-state index in [-0.39, 0.29) is 28.6 Å². The van der Waals surface area contributed by atoms with Crippen molar-refractivity contribution in [1.29, 1.82) is 0 Å². The summed E-state index contributed by atoms with van der Waals surface area (Å²) in [5.41, 5.74) is 6.58. The number of primary amides is 1. The van der Waals surface area contributed by atoms with Gasteiger partial charge in [0, 0.05) is 24.1 Å². The number of nitrogens with two attached hydrogens (primary N) is 1. The predicted octanol–water partition coefficient (Wildman–Crippen LogP) is 5.07. The second-order valence-corrected chi connectivity index (χ2v) is 9.52. The summed E-state index contributed by atoms with van der Waals surface area (Å²) in [6, 6.07) is 2.11. The maximum absolute atomic E-state index is 14.5. The largest absolute Gasteiger partial charge is 0.369 e. The maximum atomic E-state index is 14.5. The Hall–Kier alpha value is -3.01. The fraction of sp³-hybridized carbons (Fsp3) is 0.478. The zero-order valence-electron chi connectivity index (χ0n) is 18.5. The molecule has 2 saturated carbocycles. The molecule has 0 atom stereocenters. The zero-order chi connectivity index (χ0) is 23.8. The lowest BCUT2D eigenvalue weighted by Crippen LogP contribution is -2.29. The van der Waals surface area contributed by atoms with Crippen LogP contribution in [-0.4, -0.2) is 31.5 Å². The number of aromatic nitrogens is 4. The Morgan fingerprint density at radius 3 is 2.50 bits per heavy atom. The standard InChI is InChI=1S/C23H26ClF2N7O/c24-16-9-13(25)10-17(26)19(16)31-23-30-18-11-28-22(29-14-3-1-2-4-14)32-21(18)33(23)15-7-5-12(6-8-15)20(27)34/h9-12,14-15H,1-8H2,(H2,27,34)(H,30,31)(H,28,29,32)/t12-,15+. The van der Waals surface area contributed by atoms with Crippen LogP contribution in [0.2, 0.25) is 5.02 Å². The van der Waals surface area contributed by atoms with Crippen LogP contribution >= 0.6 is 11.6 Å². The van der Waals surface area contributed by atoms with Crippen LogP contribution in [0.1, 0.15) is 57.4 Å². The zero-order valence-corrected chi connectivity index (χ0v) is 19.3. The molecular formula is C23H26ClF2N7O. The molecule has 5 rings (SSSR count). The fourth-order valence-corrected chi connectivity index (χ4v) is 5.28. The van der Waals surface area contributed by atoms with Crippen LogP contribution in [0.25, 0.3) is 11.2 Å². The number of halogens is 3. The molecule has 180 valence electrons. The molecule has 2 aromatic heterocycles. The Morgan fingerprint density at radius 2 is 1.82 bits per heavy atom. The van der Waals surface area contributed by atoms with Gasteiger partial charge >= 0.3 is 0 Å². The van der Waals surface area contributed by atoms with Crippen LogP contribution in [0.4, 0.5) is 26.4 Å². The molecule has 0 radical (unpaired) electrons. The summed E-state index contributed by atoms with van der Waals surface area (Å²) in [4.78, 5) is 25.4. The van der Waals surface area contributed by atoms with Crippen LogP contribution in [0.3, 0.4) is 0 Å². The summed E-state index contributed by atoms with van der Waals surface area (Å²) >= 11 is 6.13. The number of carbonyl (C=O) groups excluding carboxylic acids is 1. The number of anilines is 3. The molecule has 11 heteroatoms. The number of imidazole rings is 1. The van der Waals surface area contributed by atoms with E-state index in [1.54, 1.807) is 6.20 Å². The van der Waals surface area contributed by atoms with Crippen LogP contribution in [0.15, 0.2) is 18.3 Å². The number of nitrogens with zero attached hydrogens (tertiary/aromatic N) is 4. The van der Waals surface area contributed by atoms with E-state index in [0.29, 0.717) is 54.8 Å². The molecule has 0 unspecified atom stereocenters. The highest BCUT2D eigenvalue weighted by Gasteiger charge is 2.30. The lowest BCUT2D eigenvalue weighted by molar-refractivity contribution is -0.122. The third kappa shape index (κ3) is 4.51. The number of carbonyl (C=O) groups is 1. The van der Waals surface area contributed by atoms with E-state index in [1.165, 1.54) is 12.8 Å². The first kappa shape index (κ1) is 22.8. The number of rotatable bonds is 6. The van der Waals surface area contributed by atoms with E-state index in [0.717, 1.165) is 25.0 Å². The van der Waals surface area contributed by atoms with Crippen LogP contribution in [-0.2, 0) is 4.79 Å². The van der Waals surface area contributed by atoms with Gasteiger partial charge in [-0.25, -0.2) is 18.7 Å². The van der Waals surface area contributed by atoms with E-state index in [2.05, 4.69) is 20.6 Å². The van der Waals surface area contributed by atoms with Gasteiger partial charge in [0.05, 0.1) is 16.9 Å². The number of hydrogen-bond donors (Lipinski definition) is 3. The quantitative estimate of drug-likeness (QED) is 0.445. The summed E-state index contributed by atoms with van der Waals surface area (Å²) < 4.78 is 30.0. The minimum atomic E-state index is -0.823. The molecule has 2 aliphatic rings. The fourth-order valence-electron chi connectivity index (χ4n) is 5.04. The first-order chi connectivity index (χ1) is 16.4. The average Bonchev–Trinajstić information content (AvgIpc) is 3.43. The average molecular weight is 490 g/mol. The molecule has 0 aliphatic heterocycles. The van der Waals surface area contributed by atoms with Crippen LogP contribution < -0.4 is 16.4 Å². The number of amides is 1. The first-order valence-electron chi connectivity index (χ1n) is 11.6. The minimum absolute atomic E-state index is 0.0420. The normalized spacial score (nSPS) is 21.1. The molecule has 1 aromatic carbocycles. The maximum Gasteiger partial charge on any atom is 0.224 e. The Labute approximate surface area is 200 Å². The van der Waals surface area contributed by atoms with E-state index in [4.69, 9.17) is 22.3 Å². The van der Waals surface area contributed by atoms with Gasteiger partial charge in [-0.2, -0.15) is 4.98 Å². The van der Waals surface area contributed by atoms with Crippen molar-refractivity contribution in [3.63, 3.8) is 0 Å². The summed E-state index contributed by atoms with van der Waals surface area (Å²) in [6.07, 6.45) is 8.80. The highest BCUT2D eigenvalue weighted by molar-refractivity contribution is 6.33. The molecule has 2 aliphatic carbocycles. The molecule has 3 aromatic rings. The van der Waals surface area contributed by atoms with Gasteiger partial charge in [0.25, 0.3) is 0 Å². The van der Waals surface area contributed by atoms with Crippen LogP contribution in [0, 0.1) is 17.6 Å². The second-order valence-electron chi connectivity index (χ2n) is 9.11. The number of benzene rings is 1. The van der Waals surface area contributed by atoms with Gasteiger partial charge in [-0.15, -0.1) is 0 Å². The Morgan fingerprint density at radius 1 is 1.09 bits per heavy atom. The SMILES string of the molecule is NC(=O)[C@H]1CC[C@@H](n2c(Nc3c(F)cc(F)cc3Cl)nc3cnc(NC4CCCC4)nc32)CC1. The lowest BCUT2D eigenvalue weighted by Gasteiger charge is -2.29. The number of nitrogens with one attached hydrogen (secondary N) is 2. The van der Waals surface area contributed by atoms with Gasteiger partial charge in [-0.3, -0.25) is 9.36 Å². The Bertz CT molecular complexity index is 1200. The molecule has 2 heterocycles. The van der Waals surface area contributed by atoms with Crippen molar-refractivity contribution in [3.05, 3.63) is 35.0 Å². The number of hydrogen-bond acceptors (Lipinski definition) is 6. The van der Waals surface area contributed by atoms with Crippen molar-refractivity contribution < 1.29 is 13.6 Å². The van der Waals surface area contributed by atoms with Crippen molar-refractivity contribution >= 4 is 46.3 Å². The van der Waals surface area contributed by atoms with Crippen molar-refractivity contribution in [3.8, 4) is 0 Å². The van der Waals surface area contributed by atoms with Gasteiger partial charge in [-0.1, -0.05) is 24.4 Å². The van der Waals surface area contributed by atoms with Crippen molar-refractivity contribution in [2.24, 2.45) is 11.7 Å². The highest BCUT2D eigenvalue weighted by atomic mass is 35.5. The summed E-state index contributed by atoms with van der Waals surface area (Å²) in [7, 11) is 0. The molecule has 2 fully saturated rings. The molecule has 34 heavy (non-hydrogen) atoms. The smallest absolute Gasteiger partial charge is 0.224 e. The summed E-state index contributed by atoms with van der Waals surface area (Å²) in [5, 5.41) is 6.25. The predicted molar refractivity (Wildman–Crippen MR) is 126 cm³/mol. The van der Waals surface area contributed by atoms with Crippen molar-refractivity contribution in [1.82, 2.24) is 19.5 Å². The van der Waals surface area contributed by atoms with E-state index < -0.39 is 11.6 Å². The molecule has 0 bridgehead atoms. The first-order valence-corrected chi connectivity index (χ1v) is 12.0. The minimum Gasteiger partial charge on any atom is -0.369 e. The van der Waals surface area contributed by atoms with Crippen LogP contribution in [0.5, 0.6) is 0 Å². The molecule has 8 nitrogen and oxygen atoms in total.